The summed E-state index contributed by atoms with van der Waals surface area (Å²) in [5, 5.41) is 3.23. The van der Waals surface area contributed by atoms with Crippen molar-refractivity contribution < 1.29 is 9.63 Å². The maximum absolute atomic E-state index is 11.6. The van der Waals surface area contributed by atoms with Crippen LogP contribution in [0.25, 0.3) is 0 Å². The Hall–Kier alpha value is -1.05. The molecule has 2 N–H and O–H groups in total. The zero-order valence-corrected chi connectivity index (χ0v) is 8.38. The van der Waals surface area contributed by atoms with Gasteiger partial charge in [0.25, 0.3) is 0 Å². The number of terminal acetylenes is 1. The quantitative estimate of drug-likeness (QED) is 0.377. The van der Waals surface area contributed by atoms with Crippen molar-refractivity contribution in [3.63, 3.8) is 0 Å². The van der Waals surface area contributed by atoms with E-state index >= 15 is 0 Å². The molecule has 1 fully saturated rings. The predicted octanol–water partition coefficient (Wildman–Crippen LogP) is -0.0870. The van der Waals surface area contributed by atoms with E-state index in [1.54, 1.807) is 0 Å². The summed E-state index contributed by atoms with van der Waals surface area (Å²) in [6.07, 6.45) is 5.84. The molecule has 0 aromatic rings. The SMILES string of the molecule is C#CCONC(=O)C1CCNCC1C. The van der Waals surface area contributed by atoms with Gasteiger partial charge in [-0.3, -0.25) is 9.63 Å². The Morgan fingerprint density at radius 3 is 3.21 bits per heavy atom. The Morgan fingerprint density at radius 2 is 2.57 bits per heavy atom. The Balaban J connectivity index is 2.31. The molecule has 0 spiro atoms. The molecule has 4 nitrogen and oxygen atoms in total. The van der Waals surface area contributed by atoms with Gasteiger partial charge in [-0.15, -0.1) is 6.42 Å². The minimum atomic E-state index is -0.0609. The molecule has 1 heterocycles. The van der Waals surface area contributed by atoms with E-state index in [2.05, 4.69) is 23.6 Å². The number of carbonyl (C=O) groups excluding carboxylic acids is 1. The first-order valence-electron chi connectivity index (χ1n) is 4.81. The van der Waals surface area contributed by atoms with Gasteiger partial charge in [0, 0.05) is 5.92 Å². The number of hydrogen-bond donors (Lipinski definition) is 2. The molecular weight excluding hydrogens is 180 g/mol. The van der Waals surface area contributed by atoms with E-state index in [0.29, 0.717) is 5.92 Å². The largest absolute Gasteiger partial charge is 0.316 e. The van der Waals surface area contributed by atoms with Gasteiger partial charge in [0.15, 0.2) is 0 Å². The van der Waals surface area contributed by atoms with Crippen molar-refractivity contribution in [1.82, 2.24) is 10.8 Å². The van der Waals surface area contributed by atoms with Crippen LogP contribution in [-0.4, -0.2) is 25.6 Å². The summed E-state index contributed by atoms with van der Waals surface area (Å²) in [7, 11) is 0. The highest BCUT2D eigenvalue weighted by atomic mass is 16.6. The molecule has 0 saturated carbocycles. The van der Waals surface area contributed by atoms with E-state index in [4.69, 9.17) is 11.3 Å². The molecule has 0 radical (unpaired) electrons. The van der Waals surface area contributed by atoms with E-state index in [1.807, 2.05) is 0 Å². The maximum Gasteiger partial charge on any atom is 0.247 e. The Kier molecular flexibility index (Phi) is 4.44. The Morgan fingerprint density at radius 1 is 1.79 bits per heavy atom. The van der Waals surface area contributed by atoms with E-state index in [9.17, 15) is 4.79 Å². The fourth-order valence-electron chi connectivity index (χ4n) is 1.63. The Labute approximate surface area is 84.3 Å². The summed E-state index contributed by atoms with van der Waals surface area (Å²) < 4.78 is 0. The van der Waals surface area contributed by atoms with Crippen LogP contribution in [0.1, 0.15) is 13.3 Å². The molecule has 78 valence electrons. The van der Waals surface area contributed by atoms with Crippen molar-refractivity contribution >= 4 is 5.91 Å². The fraction of sp³-hybridized carbons (Fsp3) is 0.700. The van der Waals surface area contributed by atoms with Crippen molar-refractivity contribution in [3.8, 4) is 12.3 Å². The van der Waals surface area contributed by atoms with Crippen LogP contribution in [0.15, 0.2) is 0 Å². The van der Waals surface area contributed by atoms with Crippen molar-refractivity contribution in [1.29, 1.82) is 0 Å². The van der Waals surface area contributed by atoms with E-state index in [0.717, 1.165) is 19.5 Å². The average Bonchev–Trinajstić information content (AvgIpc) is 2.18. The highest BCUT2D eigenvalue weighted by Gasteiger charge is 2.27. The highest BCUT2D eigenvalue weighted by Crippen LogP contribution is 2.18. The average molecular weight is 196 g/mol. The van der Waals surface area contributed by atoms with Gasteiger partial charge >= 0.3 is 0 Å². The third-order valence-corrected chi connectivity index (χ3v) is 2.45. The second-order valence-corrected chi connectivity index (χ2v) is 3.54. The van der Waals surface area contributed by atoms with Crippen LogP contribution in [0.4, 0.5) is 0 Å². The minimum Gasteiger partial charge on any atom is -0.316 e. The molecule has 0 aliphatic carbocycles. The van der Waals surface area contributed by atoms with Gasteiger partial charge in [0.1, 0.15) is 6.61 Å². The van der Waals surface area contributed by atoms with Crippen LogP contribution in [0.5, 0.6) is 0 Å². The molecule has 1 aliphatic rings. The summed E-state index contributed by atoms with van der Waals surface area (Å²) in [4.78, 5) is 16.3. The summed E-state index contributed by atoms with van der Waals surface area (Å²) in [5.74, 6) is 2.61. The summed E-state index contributed by atoms with van der Waals surface area (Å²) in [6.45, 7) is 3.94. The van der Waals surface area contributed by atoms with Crippen LogP contribution < -0.4 is 10.8 Å². The predicted molar refractivity (Wildman–Crippen MR) is 53.1 cm³/mol. The molecule has 1 rings (SSSR count). The molecule has 14 heavy (non-hydrogen) atoms. The number of piperidine rings is 1. The second kappa shape index (κ2) is 5.63. The minimum absolute atomic E-state index is 0.0361. The lowest BCUT2D eigenvalue weighted by molar-refractivity contribution is -0.139. The molecule has 2 unspecified atom stereocenters. The molecular formula is C10H16N2O2. The van der Waals surface area contributed by atoms with Crippen LogP contribution in [0, 0.1) is 24.2 Å². The number of nitrogens with one attached hydrogen (secondary N) is 2. The van der Waals surface area contributed by atoms with Gasteiger partial charge in [-0.2, -0.15) is 0 Å². The lowest BCUT2D eigenvalue weighted by Crippen LogP contribution is -2.43. The van der Waals surface area contributed by atoms with Crippen LogP contribution in [0.2, 0.25) is 0 Å². The molecule has 1 amide bonds. The van der Waals surface area contributed by atoms with Gasteiger partial charge in [-0.1, -0.05) is 12.8 Å². The first-order chi connectivity index (χ1) is 6.75. The van der Waals surface area contributed by atoms with Crippen LogP contribution in [0.3, 0.4) is 0 Å². The van der Waals surface area contributed by atoms with Gasteiger partial charge in [0.2, 0.25) is 5.91 Å². The maximum atomic E-state index is 11.6. The first-order valence-corrected chi connectivity index (χ1v) is 4.81. The van der Waals surface area contributed by atoms with E-state index in [-0.39, 0.29) is 18.4 Å². The third-order valence-electron chi connectivity index (χ3n) is 2.45. The zero-order valence-electron chi connectivity index (χ0n) is 8.38. The number of amides is 1. The normalized spacial score (nSPS) is 26.6. The zero-order chi connectivity index (χ0) is 10.4. The lowest BCUT2D eigenvalue weighted by atomic mass is 9.87. The molecule has 0 aromatic heterocycles. The monoisotopic (exact) mass is 196 g/mol. The molecule has 2 atom stereocenters. The number of rotatable bonds is 3. The second-order valence-electron chi connectivity index (χ2n) is 3.54. The van der Waals surface area contributed by atoms with Crippen molar-refractivity contribution in [2.75, 3.05) is 19.7 Å². The topological polar surface area (TPSA) is 50.4 Å². The number of hydrogen-bond acceptors (Lipinski definition) is 3. The first kappa shape index (κ1) is 11.0. The molecule has 1 aliphatic heterocycles. The summed E-state index contributed by atoms with van der Waals surface area (Å²) >= 11 is 0. The summed E-state index contributed by atoms with van der Waals surface area (Å²) in [5.41, 5.74) is 2.37. The molecule has 4 heteroatoms. The van der Waals surface area contributed by atoms with E-state index in [1.165, 1.54) is 0 Å². The third kappa shape index (κ3) is 3.02. The smallest absolute Gasteiger partial charge is 0.247 e. The lowest BCUT2D eigenvalue weighted by Gasteiger charge is -2.27. The van der Waals surface area contributed by atoms with Gasteiger partial charge in [-0.25, -0.2) is 5.48 Å². The van der Waals surface area contributed by atoms with Gasteiger partial charge < -0.3 is 5.32 Å². The van der Waals surface area contributed by atoms with Crippen molar-refractivity contribution in [2.45, 2.75) is 13.3 Å². The molecule has 1 saturated heterocycles. The van der Waals surface area contributed by atoms with Crippen molar-refractivity contribution in [3.05, 3.63) is 0 Å². The number of carbonyl (C=O) groups is 1. The van der Waals surface area contributed by atoms with Gasteiger partial charge in [-0.05, 0) is 25.4 Å². The van der Waals surface area contributed by atoms with Gasteiger partial charge in [0.05, 0.1) is 0 Å². The fourth-order valence-corrected chi connectivity index (χ4v) is 1.63. The van der Waals surface area contributed by atoms with Crippen molar-refractivity contribution in [2.24, 2.45) is 11.8 Å². The summed E-state index contributed by atoms with van der Waals surface area (Å²) in [6, 6.07) is 0. The van der Waals surface area contributed by atoms with E-state index < -0.39 is 0 Å². The highest BCUT2D eigenvalue weighted by molar-refractivity contribution is 5.78. The Bertz CT molecular complexity index is 235. The standard InChI is InChI=1S/C10H16N2O2/c1-3-6-14-12-10(13)9-4-5-11-7-8(9)2/h1,8-9,11H,4-7H2,2H3,(H,12,13). The number of hydroxylamine groups is 1. The molecule has 0 bridgehead atoms. The van der Waals surface area contributed by atoms with Crippen LogP contribution in [-0.2, 0) is 9.63 Å². The molecule has 0 aromatic carbocycles. The van der Waals surface area contributed by atoms with Crippen LogP contribution >= 0.6 is 0 Å².